The number of hydrogen-bond acceptors (Lipinski definition) is 6. The van der Waals surface area contributed by atoms with E-state index < -0.39 is 0 Å². The van der Waals surface area contributed by atoms with E-state index in [9.17, 15) is 4.79 Å². The molecule has 1 atom stereocenters. The fourth-order valence-corrected chi connectivity index (χ4v) is 2.24. The molecule has 0 bridgehead atoms. The van der Waals surface area contributed by atoms with Crippen LogP contribution in [0.5, 0.6) is 0 Å². The van der Waals surface area contributed by atoms with Gasteiger partial charge in [-0.05, 0) is 24.4 Å². The third-order valence-corrected chi connectivity index (χ3v) is 3.10. The van der Waals surface area contributed by atoms with Gasteiger partial charge in [-0.25, -0.2) is 0 Å². The van der Waals surface area contributed by atoms with Gasteiger partial charge in [0.15, 0.2) is 0 Å². The van der Waals surface area contributed by atoms with Gasteiger partial charge in [0.2, 0.25) is 23.1 Å². The monoisotopic (exact) mass is 270 g/mol. The second-order valence-corrected chi connectivity index (χ2v) is 4.50. The number of carbonyl (C=O) groups is 1. The molecule has 1 saturated heterocycles. The second-order valence-electron chi connectivity index (χ2n) is 4.16. The summed E-state index contributed by atoms with van der Waals surface area (Å²) in [5.41, 5.74) is 5.53. The van der Waals surface area contributed by atoms with Gasteiger partial charge in [0.05, 0.1) is 5.92 Å². The molecule has 0 spiro atoms. The average molecular weight is 271 g/mol. The number of anilines is 2. The summed E-state index contributed by atoms with van der Waals surface area (Å²) in [5, 5.41) is 2.73. The molecule has 0 saturated carbocycles. The van der Waals surface area contributed by atoms with Crippen molar-refractivity contribution in [3.05, 3.63) is 5.28 Å². The number of amides is 1. The Kier molecular flexibility index (Phi) is 3.81. The van der Waals surface area contributed by atoms with E-state index in [0.717, 1.165) is 19.4 Å². The molecule has 1 unspecified atom stereocenters. The van der Waals surface area contributed by atoms with Crippen LogP contribution in [0.4, 0.5) is 11.9 Å². The number of nitrogens with one attached hydrogen (secondary N) is 1. The molecule has 8 heteroatoms. The summed E-state index contributed by atoms with van der Waals surface area (Å²) in [6.07, 6.45) is 1.77. The fraction of sp³-hybridized carbons (Fsp3) is 0.600. The standard InChI is InChI=1S/C10H15ClN6O/c1-13-7(18)6-3-2-4-17(5-6)10-15-8(11)14-9(12)16-10/h6H,2-5H2,1H3,(H,13,18)(H2,12,14,15,16). The molecule has 3 N–H and O–H groups in total. The number of piperidine rings is 1. The lowest BCUT2D eigenvalue weighted by Crippen LogP contribution is -2.43. The largest absolute Gasteiger partial charge is 0.368 e. The summed E-state index contributed by atoms with van der Waals surface area (Å²) < 4.78 is 0. The van der Waals surface area contributed by atoms with Crippen molar-refractivity contribution in [2.75, 3.05) is 30.8 Å². The Morgan fingerprint density at radius 1 is 1.50 bits per heavy atom. The molecule has 7 nitrogen and oxygen atoms in total. The van der Waals surface area contributed by atoms with E-state index in [2.05, 4.69) is 20.3 Å². The quantitative estimate of drug-likeness (QED) is 0.789. The first-order valence-corrected chi connectivity index (χ1v) is 6.11. The van der Waals surface area contributed by atoms with Crippen molar-refractivity contribution in [2.45, 2.75) is 12.8 Å². The van der Waals surface area contributed by atoms with E-state index in [1.165, 1.54) is 0 Å². The van der Waals surface area contributed by atoms with Gasteiger partial charge >= 0.3 is 0 Å². The summed E-state index contributed by atoms with van der Waals surface area (Å²) in [6, 6.07) is 0. The molecule has 1 aliphatic rings. The van der Waals surface area contributed by atoms with Crippen LogP contribution in [0.15, 0.2) is 0 Å². The second kappa shape index (κ2) is 5.34. The Bertz CT molecular complexity index is 434. The number of carbonyl (C=O) groups excluding carboxylic acids is 1. The lowest BCUT2D eigenvalue weighted by Gasteiger charge is -2.31. The molecular formula is C10H15ClN6O. The number of hydrogen-bond donors (Lipinski definition) is 2. The normalized spacial score (nSPS) is 19.7. The van der Waals surface area contributed by atoms with Crippen molar-refractivity contribution < 1.29 is 4.79 Å². The predicted molar refractivity (Wildman–Crippen MR) is 68.3 cm³/mol. The third kappa shape index (κ3) is 2.79. The van der Waals surface area contributed by atoms with Crippen molar-refractivity contribution in [2.24, 2.45) is 5.92 Å². The predicted octanol–water partition coefficient (Wildman–Crippen LogP) is 0.0696. The minimum Gasteiger partial charge on any atom is -0.368 e. The highest BCUT2D eigenvalue weighted by Crippen LogP contribution is 2.21. The Hall–Kier alpha value is -1.63. The Balaban J connectivity index is 2.15. The van der Waals surface area contributed by atoms with Crippen LogP contribution in [0.25, 0.3) is 0 Å². The van der Waals surface area contributed by atoms with Gasteiger partial charge in [0.1, 0.15) is 0 Å². The van der Waals surface area contributed by atoms with Crippen molar-refractivity contribution in [3.8, 4) is 0 Å². The first-order valence-electron chi connectivity index (χ1n) is 5.73. The van der Waals surface area contributed by atoms with Crippen molar-refractivity contribution in [3.63, 3.8) is 0 Å². The smallest absolute Gasteiger partial charge is 0.231 e. The van der Waals surface area contributed by atoms with Crippen LogP contribution in [0.2, 0.25) is 5.28 Å². The number of rotatable bonds is 2. The maximum atomic E-state index is 11.6. The Labute approximate surface area is 110 Å². The summed E-state index contributed by atoms with van der Waals surface area (Å²) in [7, 11) is 1.64. The van der Waals surface area contributed by atoms with Gasteiger partial charge in [-0.3, -0.25) is 4.79 Å². The maximum Gasteiger partial charge on any atom is 0.231 e. The Morgan fingerprint density at radius 3 is 2.94 bits per heavy atom. The van der Waals surface area contributed by atoms with Crippen molar-refractivity contribution in [1.29, 1.82) is 0 Å². The first kappa shape index (κ1) is 12.8. The van der Waals surface area contributed by atoms with Crippen LogP contribution in [0.3, 0.4) is 0 Å². The zero-order chi connectivity index (χ0) is 13.1. The molecule has 2 heterocycles. The van der Waals surface area contributed by atoms with Gasteiger partial charge < -0.3 is 16.0 Å². The number of nitrogens with zero attached hydrogens (tertiary/aromatic N) is 4. The van der Waals surface area contributed by atoms with Crippen LogP contribution >= 0.6 is 11.6 Å². The molecular weight excluding hydrogens is 256 g/mol. The van der Waals surface area contributed by atoms with Crippen molar-refractivity contribution in [1.82, 2.24) is 20.3 Å². The zero-order valence-corrected chi connectivity index (χ0v) is 10.8. The van der Waals surface area contributed by atoms with Gasteiger partial charge in [-0.2, -0.15) is 15.0 Å². The maximum absolute atomic E-state index is 11.6. The van der Waals surface area contributed by atoms with Crippen molar-refractivity contribution >= 4 is 29.4 Å². The summed E-state index contributed by atoms with van der Waals surface area (Å²) >= 11 is 5.75. The van der Waals surface area contributed by atoms with E-state index in [4.69, 9.17) is 17.3 Å². The highest BCUT2D eigenvalue weighted by molar-refractivity contribution is 6.28. The van der Waals surface area contributed by atoms with E-state index in [-0.39, 0.29) is 23.1 Å². The molecule has 2 rings (SSSR count). The molecule has 1 fully saturated rings. The summed E-state index contributed by atoms with van der Waals surface area (Å²) in [6.45, 7) is 1.35. The summed E-state index contributed by atoms with van der Waals surface area (Å²) in [4.78, 5) is 25.3. The lowest BCUT2D eigenvalue weighted by atomic mass is 9.97. The minimum absolute atomic E-state index is 0.0350. The SMILES string of the molecule is CNC(=O)C1CCCN(c2nc(N)nc(Cl)n2)C1. The van der Waals surface area contributed by atoms with Crippen LogP contribution in [0.1, 0.15) is 12.8 Å². The van der Waals surface area contributed by atoms with Gasteiger partial charge in [-0.1, -0.05) is 0 Å². The van der Waals surface area contributed by atoms with Crippen LogP contribution in [-0.4, -0.2) is 41.0 Å². The van der Waals surface area contributed by atoms with E-state index in [1.54, 1.807) is 7.05 Å². The van der Waals surface area contributed by atoms with Gasteiger partial charge in [-0.15, -0.1) is 0 Å². The molecule has 98 valence electrons. The molecule has 1 amide bonds. The number of halogens is 1. The molecule has 1 aromatic rings. The molecule has 0 aromatic carbocycles. The van der Waals surface area contributed by atoms with Crippen LogP contribution < -0.4 is 16.0 Å². The summed E-state index contributed by atoms with van der Waals surface area (Å²) in [5.74, 6) is 0.501. The van der Waals surface area contributed by atoms with Crippen LogP contribution in [0, 0.1) is 5.92 Å². The molecule has 1 aliphatic heterocycles. The third-order valence-electron chi connectivity index (χ3n) is 2.94. The van der Waals surface area contributed by atoms with E-state index in [1.807, 2.05) is 4.90 Å². The topological polar surface area (TPSA) is 97.0 Å². The van der Waals surface area contributed by atoms with Crippen LogP contribution in [-0.2, 0) is 4.79 Å². The van der Waals surface area contributed by atoms with E-state index in [0.29, 0.717) is 12.5 Å². The highest BCUT2D eigenvalue weighted by atomic mass is 35.5. The number of nitrogen functional groups attached to an aromatic ring is 1. The van der Waals surface area contributed by atoms with E-state index >= 15 is 0 Å². The average Bonchev–Trinajstić information content (AvgIpc) is 2.37. The van der Waals surface area contributed by atoms with Gasteiger partial charge in [0, 0.05) is 20.1 Å². The molecule has 0 radical (unpaired) electrons. The Morgan fingerprint density at radius 2 is 2.28 bits per heavy atom. The minimum atomic E-state index is -0.0551. The highest BCUT2D eigenvalue weighted by Gasteiger charge is 2.26. The number of aromatic nitrogens is 3. The molecule has 1 aromatic heterocycles. The first-order chi connectivity index (χ1) is 8.60. The zero-order valence-electron chi connectivity index (χ0n) is 10.1. The molecule has 18 heavy (non-hydrogen) atoms. The molecule has 0 aliphatic carbocycles. The fourth-order valence-electron chi connectivity index (χ4n) is 2.07. The number of nitrogens with two attached hydrogens (primary N) is 1. The lowest BCUT2D eigenvalue weighted by molar-refractivity contribution is -0.124. The van der Waals surface area contributed by atoms with Gasteiger partial charge in [0.25, 0.3) is 0 Å².